The van der Waals surface area contributed by atoms with Crippen LogP contribution in [-0.2, 0) is 25.4 Å². The smallest absolute Gasteiger partial charge is 0.328 e. The van der Waals surface area contributed by atoms with Crippen LogP contribution in [0.4, 0.5) is 5.69 Å². The van der Waals surface area contributed by atoms with Gasteiger partial charge in [-0.3, -0.25) is 29.3 Å². The van der Waals surface area contributed by atoms with Gasteiger partial charge in [-0.15, -0.1) is 0 Å². The van der Waals surface area contributed by atoms with Crippen molar-refractivity contribution in [1.82, 2.24) is 10.0 Å². The fourth-order valence-electron chi connectivity index (χ4n) is 4.01. The molecule has 0 spiro atoms. The highest BCUT2D eigenvalue weighted by Crippen LogP contribution is 2.45. The number of fused-ring (bicyclic) bond motifs is 1. The molecule has 2 N–H and O–H groups in total. The van der Waals surface area contributed by atoms with E-state index in [9.17, 15) is 39.1 Å². The van der Waals surface area contributed by atoms with Gasteiger partial charge in [-0.2, -0.15) is 0 Å². The molecule has 0 saturated carbocycles. The van der Waals surface area contributed by atoms with Crippen molar-refractivity contribution in [2.24, 2.45) is 5.92 Å². The SMILES string of the molecule is O=C(O)[C@@H]1CCCN2C(=O)CC[C@H](CP(=O)(O)CCc3ccc([N+](=O)[O-])cc3)C(=O)N12. The fourth-order valence-corrected chi connectivity index (χ4v) is 5.83. The van der Waals surface area contributed by atoms with E-state index in [2.05, 4.69) is 0 Å². The van der Waals surface area contributed by atoms with E-state index < -0.39 is 36.1 Å². The predicted molar refractivity (Wildman–Crippen MR) is 108 cm³/mol. The number of hydrogen-bond donors (Lipinski definition) is 2. The standard InChI is InChI=1S/C19H24N3O8P/c23-17-8-5-14(18(24)21-16(19(25)26)2-1-10-20(17)21)12-31(29,30)11-9-13-3-6-15(7-4-13)22(27)28/h3-4,6-7,14,16H,1-2,5,8-12H2,(H,25,26)(H,29,30)/t14-,16+/m1/s1. The zero-order chi connectivity index (χ0) is 22.8. The molecule has 0 aromatic heterocycles. The second-order valence-electron chi connectivity index (χ2n) is 7.86. The number of amides is 2. The first-order chi connectivity index (χ1) is 14.6. The minimum Gasteiger partial charge on any atom is -0.480 e. The molecule has 1 unspecified atom stereocenters. The van der Waals surface area contributed by atoms with E-state index in [0.717, 1.165) is 5.01 Å². The molecule has 0 aliphatic carbocycles. The maximum absolute atomic E-state index is 13.1. The number of benzene rings is 1. The number of nitro groups is 1. The lowest BCUT2D eigenvalue weighted by atomic mass is 10.0. The van der Waals surface area contributed by atoms with Crippen molar-refractivity contribution in [3.05, 3.63) is 39.9 Å². The molecule has 1 aromatic rings. The predicted octanol–water partition coefficient (Wildman–Crippen LogP) is 1.64. The second kappa shape index (κ2) is 9.15. The Kier molecular flexibility index (Phi) is 6.76. The van der Waals surface area contributed by atoms with Crippen molar-refractivity contribution in [3.8, 4) is 0 Å². The third kappa shape index (κ3) is 5.29. The first-order valence-corrected chi connectivity index (χ1v) is 12.0. The van der Waals surface area contributed by atoms with Gasteiger partial charge in [0.1, 0.15) is 0 Å². The van der Waals surface area contributed by atoms with Crippen LogP contribution in [0.3, 0.4) is 0 Å². The maximum atomic E-state index is 13.1. The zero-order valence-corrected chi connectivity index (χ0v) is 17.6. The average molecular weight is 453 g/mol. The number of nitro benzene ring substituents is 1. The van der Waals surface area contributed by atoms with E-state index in [1.165, 1.54) is 29.3 Å². The summed E-state index contributed by atoms with van der Waals surface area (Å²) in [7, 11) is -3.78. The Labute approximate surface area is 178 Å². The molecule has 168 valence electrons. The molecular weight excluding hydrogens is 429 g/mol. The molecule has 12 heteroatoms. The van der Waals surface area contributed by atoms with E-state index in [4.69, 9.17) is 0 Å². The van der Waals surface area contributed by atoms with Gasteiger partial charge < -0.3 is 10.00 Å². The highest BCUT2D eigenvalue weighted by atomic mass is 31.2. The Morgan fingerprint density at radius 3 is 2.52 bits per heavy atom. The molecule has 2 fully saturated rings. The van der Waals surface area contributed by atoms with Gasteiger partial charge in [-0.1, -0.05) is 12.1 Å². The molecule has 11 nitrogen and oxygen atoms in total. The summed E-state index contributed by atoms with van der Waals surface area (Å²) in [6, 6.07) is 4.49. The minimum atomic E-state index is -3.78. The number of aliphatic carboxylic acids is 1. The first kappa shape index (κ1) is 22.9. The number of carbonyl (C=O) groups excluding carboxylic acids is 2. The van der Waals surface area contributed by atoms with E-state index in [0.29, 0.717) is 12.0 Å². The van der Waals surface area contributed by atoms with Crippen LogP contribution in [0.1, 0.15) is 31.2 Å². The van der Waals surface area contributed by atoms with Crippen LogP contribution in [0.2, 0.25) is 0 Å². The molecule has 2 aliphatic heterocycles. The number of carboxylic acids is 1. The molecular formula is C19H24N3O8P. The van der Waals surface area contributed by atoms with E-state index >= 15 is 0 Å². The maximum Gasteiger partial charge on any atom is 0.328 e. The van der Waals surface area contributed by atoms with Crippen LogP contribution in [-0.4, -0.2) is 67.6 Å². The Bertz CT molecular complexity index is 935. The number of rotatable bonds is 7. The molecule has 2 amide bonds. The Morgan fingerprint density at radius 2 is 1.90 bits per heavy atom. The van der Waals surface area contributed by atoms with Crippen LogP contribution in [0, 0.1) is 16.0 Å². The Hall–Kier alpha value is -2.78. The number of hydrogen-bond acceptors (Lipinski definition) is 6. The molecule has 31 heavy (non-hydrogen) atoms. The van der Waals surface area contributed by atoms with Gasteiger partial charge in [0.15, 0.2) is 6.04 Å². The van der Waals surface area contributed by atoms with Crippen LogP contribution >= 0.6 is 7.37 Å². The number of carboxylic acid groups (broad SMARTS) is 1. The van der Waals surface area contributed by atoms with Gasteiger partial charge in [0.2, 0.25) is 19.2 Å². The van der Waals surface area contributed by atoms with Crippen LogP contribution in [0.15, 0.2) is 24.3 Å². The largest absolute Gasteiger partial charge is 0.480 e. The normalized spacial score (nSPS) is 23.6. The van der Waals surface area contributed by atoms with Gasteiger partial charge in [-0.25, -0.2) is 9.80 Å². The van der Waals surface area contributed by atoms with Crippen molar-refractivity contribution in [3.63, 3.8) is 0 Å². The number of carbonyl (C=O) groups is 3. The molecule has 3 rings (SSSR count). The topological polar surface area (TPSA) is 158 Å². The van der Waals surface area contributed by atoms with E-state index in [1.807, 2.05) is 0 Å². The summed E-state index contributed by atoms with van der Waals surface area (Å²) in [5, 5.41) is 22.3. The molecule has 0 radical (unpaired) electrons. The number of non-ortho nitro benzene ring substituents is 1. The lowest BCUT2D eigenvalue weighted by Gasteiger charge is -2.42. The van der Waals surface area contributed by atoms with Crippen molar-refractivity contribution in [1.29, 1.82) is 0 Å². The number of aryl methyl sites for hydroxylation is 1. The van der Waals surface area contributed by atoms with Crippen molar-refractivity contribution < 1.29 is 33.9 Å². The lowest BCUT2D eigenvalue weighted by molar-refractivity contribution is -0.384. The summed E-state index contributed by atoms with van der Waals surface area (Å²) in [4.78, 5) is 57.8. The summed E-state index contributed by atoms with van der Waals surface area (Å²) in [5.74, 6) is -3.11. The fraction of sp³-hybridized carbons (Fsp3) is 0.526. The Balaban J connectivity index is 1.70. The lowest BCUT2D eigenvalue weighted by Crippen LogP contribution is -2.60. The van der Waals surface area contributed by atoms with Gasteiger partial charge >= 0.3 is 5.97 Å². The minimum absolute atomic E-state index is 0.00159. The summed E-state index contributed by atoms with van der Waals surface area (Å²) in [6.07, 6.45) is 0.483. The zero-order valence-electron chi connectivity index (χ0n) is 16.8. The highest BCUT2D eigenvalue weighted by Gasteiger charge is 2.45. The molecule has 1 aromatic carbocycles. The first-order valence-electron chi connectivity index (χ1n) is 9.99. The molecule has 3 atom stereocenters. The third-order valence-corrected chi connectivity index (χ3v) is 7.59. The third-order valence-electron chi connectivity index (χ3n) is 5.66. The summed E-state index contributed by atoms with van der Waals surface area (Å²) >= 11 is 0. The average Bonchev–Trinajstić information content (AvgIpc) is 2.84. The van der Waals surface area contributed by atoms with Gasteiger partial charge in [0.05, 0.1) is 4.92 Å². The quantitative estimate of drug-likeness (QED) is 0.358. The van der Waals surface area contributed by atoms with Crippen LogP contribution < -0.4 is 0 Å². The van der Waals surface area contributed by atoms with E-state index in [1.54, 1.807) is 0 Å². The number of nitrogens with zero attached hydrogens (tertiary/aromatic N) is 3. The summed E-state index contributed by atoms with van der Waals surface area (Å²) < 4.78 is 12.8. The Morgan fingerprint density at radius 1 is 1.23 bits per heavy atom. The molecule has 0 bridgehead atoms. The molecule has 2 heterocycles. The van der Waals surface area contributed by atoms with Gasteiger partial charge in [0.25, 0.3) is 5.69 Å². The summed E-state index contributed by atoms with van der Waals surface area (Å²) in [5.41, 5.74) is 0.569. The van der Waals surface area contributed by atoms with Crippen molar-refractivity contribution in [2.75, 3.05) is 18.9 Å². The van der Waals surface area contributed by atoms with E-state index in [-0.39, 0.29) is 56.1 Å². The molecule has 2 saturated heterocycles. The van der Waals surface area contributed by atoms with Gasteiger partial charge in [0, 0.05) is 43.3 Å². The van der Waals surface area contributed by atoms with Crippen molar-refractivity contribution in [2.45, 2.75) is 38.1 Å². The van der Waals surface area contributed by atoms with Crippen LogP contribution in [0.5, 0.6) is 0 Å². The van der Waals surface area contributed by atoms with Crippen molar-refractivity contribution >= 4 is 30.8 Å². The number of hydrazine groups is 1. The highest BCUT2D eigenvalue weighted by molar-refractivity contribution is 7.58. The summed E-state index contributed by atoms with van der Waals surface area (Å²) in [6.45, 7) is 0.248. The van der Waals surface area contributed by atoms with Gasteiger partial charge in [-0.05, 0) is 31.2 Å². The monoisotopic (exact) mass is 453 g/mol. The second-order valence-corrected chi connectivity index (χ2v) is 10.4. The molecule has 2 aliphatic rings. The van der Waals surface area contributed by atoms with Crippen LogP contribution in [0.25, 0.3) is 0 Å².